The molecule has 0 saturated carbocycles. The van der Waals surface area contributed by atoms with Crippen LogP contribution >= 0.6 is 0 Å². The van der Waals surface area contributed by atoms with E-state index in [9.17, 15) is 22.0 Å². The molecule has 12 heavy (non-hydrogen) atoms. The third kappa shape index (κ3) is 1.54. The minimum Gasteiger partial charge on any atom is -0.343 e. The number of hydrogen-bond acceptors (Lipinski definition) is 1. The van der Waals surface area contributed by atoms with Crippen molar-refractivity contribution >= 4 is 0 Å². The predicted molar refractivity (Wildman–Crippen MR) is 28.5 cm³/mol. The molecule has 1 aromatic rings. The lowest BCUT2D eigenvalue weighted by molar-refractivity contribution is -0.142. The fourth-order valence-electron chi connectivity index (χ4n) is 0.697. The summed E-state index contributed by atoms with van der Waals surface area (Å²) >= 11 is 0. The molecule has 68 valence electrons. The van der Waals surface area contributed by atoms with Gasteiger partial charge >= 0.3 is 6.18 Å². The van der Waals surface area contributed by atoms with Gasteiger partial charge in [-0.25, -0.2) is 13.8 Å². The maximum atomic E-state index is 11.8. The fourth-order valence-corrected chi connectivity index (χ4v) is 0.697. The maximum Gasteiger partial charge on any atom is 0.435 e. The highest BCUT2D eigenvalue weighted by Gasteiger charge is 2.38. The molecule has 0 aliphatic carbocycles. The summed E-state index contributed by atoms with van der Waals surface area (Å²) in [6.07, 6.45) is -7.43. The van der Waals surface area contributed by atoms with E-state index in [0.717, 1.165) is 0 Å². The van der Waals surface area contributed by atoms with E-state index < -0.39 is 24.0 Å². The smallest absolute Gasteiger partial charge is 0.343 e. The zero-order valence-electron chi connectivity index (χ0n) is 5.49. The van der Waals surface area contributed by atoms with E-state index >= 15 is 0 Å². The highest BCUT2D eigenvalue weighted by molar-refractivity contribution is 5.15. The van der Waals surface area contributed by atoms with Gasteiger partial charge in [-0.05, 0) is 0 Å². The van der Waals surface area contributed by atoms with Gasteiger partial charge in [0, 0.05) is 0 Å². The molecule has 0 aliphatic rings. The number of nitrogens with zero attached hydrogens (tertiary/aromatic N) is 1. The van der Waals surface area contributed by atoms with Gasteiger partial charge in [0.25, 0.3) is 6.43 Å². The van der Waals surface area contributed by atoms with Crippen LogP contribution in [0.1, 0.15) is 17.8 Å². The van der Waals surface area contributed by atoms with Crippen LogP contribution in [0.15, 0.2) is 6.33 Å². The summed E-state index contributed by atoms with van der Waals surface area (Å²) in [5, 5.41) is 0. The Morgan fingerprint density at radius 3 is 2.25 bits per heavy atom. The first kappa shape index (κ1) is 8.95. The molecule has 0 saturated heterocycles. The molecule has 1 heterocycles. The second-order valence-corrected chi connectivity index (χ2v) is 1.96. The average molecular weight is 186 g/mol. The molecule has 1 N–H and O–H groups in total. The van der Waals surface area contributed by atoms with Crippen LogP contribution in [0.4, 0.5) is 22.0 Å². The molecular formula is C5H3F5N2. The molecule has 1 aromatic heterocycles. The molecule has 0 radical (unpaired) electrons. The van der Waals surface area contributed by atoms with E-state index in [2.05, 4.69) is 4.98 Å². The van der Waals surface area contributed by atoms with Crippen molar-refractivity contribution in [2.45, 2.75) is 12.6 Å². The van der Waals surface area contributed by atoms with Crippen molar-refractivity contribution in [1.29, 1.82) is 0 Å². The van der Waals surface area contributed by atoms with Gasteiger partial charge < -0.3 is 4.98 Å². The average Bonchev–Trinajstić information content (AvgIpc) is 2.30. The first-order chi connectivity index (χ1) is 5.43. The number of nitrogens with one attached hydrogen (secondary N) is 1. The van der Waals surface area contributed by atoms with Gasteiger partial charge in [-0.15, -0.1) is 0 Å². The molecule has 0 aromatic carbocycles. The van der Waals surface area contributed by atoms with Gasteiger partial charge in [0.15, 0.2) is 5.69 Å². The Morgan fingerprint density at radius 2 is 1.92 bits per heavy atom. The highest BCUT2D eigenvalue weighted by atomic mass is 19.4. The van der Waals surface area contributed by atoms with Crippen molar-refractivity contribution in [3.63, 3.8) is 0 Å². The largest absolute Gasteiger partial charge is 0.435 e. The number of hydrogen-bond donors (Lipinski definition) is 1. The van der Waals surface area contributed by atoms with Gasteiger partial charge in [0.05, 0.1) is 6.33 Å². The fraction of sp³-hybridized carbons (Fsp3) is 0.400. The zero-order chi connectivity index (χ0) is 9.35. The molecule has 0 spiro atoms. The molecule has 0 fully saturated rings. The summed E-state index contributed by atoms with van der Waals surface area (Å²) in [5.74, 6) is 0. The van der Waals surface area contributed by atoms with Crippen LogP contribution in [0.3, 0.4) is 0 Å². The lowest BCUT2D eigenvalue weighted by Crippen LogP contribution is -2.09. The van der Waals surface area contributed by atoms with Crippen molar-refractivity contribution in [1.82, 2.24) is 9.97 Å². The van der Waals surface area contributed by atoms with Crippen molar-refractivity contribution in [3.8, 4) is 0 Å². The van der Waals surface area contributed by atoms with E-state index in [1.165, 1.54) is 0 Å². The summed E-state index contributed by atoms with van der Waals surface area (Å²) in [4.78, 5) is 4.48. The van der Waals surface area contributed by atoms with Gasteiger partial charge in [0.1, 0.15) is 5.69 Å². The third-order valence-electron chi connectivity index (χ3n) is 1.16. The number of imidazole rings is 1. The van der Waals surface area contributed by atoms with E-state index in [1.54, 1.807) is 4.98 Å². The van der Waals surface area contributed by atoms with Crippen LogP contribution in [0.2, 0.25) is 0 Å². The van der Waals surface area contributed by atoms with Crippen LogP contribution in [-0.2, 0) is 6.18 Å². The first-order valence-electron chi connectivity index (χ1n) is 2.81. The Bertz CT molecular complexity index is 263. The lowest BCUT2D eigenvalue weighted by Gasteiger charge is -2.04. The van der Waals surface area contributed by atoms with Crippen LogP contribution in [0.5, 0.6) is 0 Å². The molecule has 7 heteroatoms. The normalized spacial score (nSPS) is 12.5. The third-order valence-corrected chi connectivity index (χ3v) is 1.16. The van der Waals surface area contributed by atoms with E-state index in [4.69, 9.17) is 0 Å². The number of H-pyrrole nitrogens is 1. The number of aromatic amines is 1. The van der Waals surface area contributed by atoms with Crippen molar-refractivity contribution in [3.05, 3.63) is 17.7 Å². The van der Waals surface area contributed by atoms with E-state index in [0.29, 0.717) is 6.33 Å². The van der Waals surface area contributed by atoms with E-state index in [-0.39, 0.29) is 0 Å². The standard InChI is InChI=1S/C5H3F5N2/c6-4(7)2-3(5(8,9)10)12-1-11-2/h1,4H,(H,11,12). The summed E-state index contributed by atoms with van der Waals surface area (Å²) in [6.45, 7) is 0. The molecule has 0 atom stereocenters. The summed E-state index contributed by atoms with van der Waals surface area (Å²) in [7, 11) is 0. The van der Waals surface area contributed by atoms with Gasteiger partial charge in [-0.3, -0.25) is 0 Å². The summed E-state index contributed by atoms with van der Waals surface area (Å²) in [6, 6.07) is 0. The Hall–Kier alpha value is -1.14. The quantitative estimate of drug-likeness (QED) is 0.670. The molecule has 0 aliphatic heterocycles. The van der Waals surface area contributed by atoms with Crippen LogP contribution in [-0.4, -0.2) is 9.97 Å². The minimum absolute atomic E-state index is 0.588. The highest BCUT2D eigenvalue weighted by Crippen LogP contribution is 2.33. The monoisotopic (exact) mass is 186 g/mol. The summed E-state index contributed by atoms with van der Waals surface area (Å²) < 4.78 is 59.1. The van der Waals surface area contributed by atoms with Crippen LogP contribution in [0.25, 0.3) is 0 Å². The molecule has 1 rings (SSSR count). The van der Waals surface area contributed by atoms with Gasteiger partial charge in [-0.2, -0.15) is 13.2 Å². The Balaban J connectivity index is 3.08. The van der Waals surface area contributed by atoms with Crippen LogP contribution in [0, 0.1) is 0 Å². The number of halogens is 5. The molecule has 0 unspecified atom stereocenters. The Morgan fingerprint density at radius 1 is 1.33 bits per heavy atom. The maximum absolute atomic E-state index is 11.8. The summed E-state index contributed by atoms with van der Waals surface area (Å²) in [5.41, 5.74) is -2.75. The van der Waals surface area contributed by atoms with E-state index in [1.807, 2.05) is 0 Å². The van der Waals surface area contributed by atoms with Gasteiger partial charge in [0.2, 0.25) is 0 Å². The lowest BCUT2D eigenvalue weighted by atomic mass is 10.3. The van der Waals surface area contributed by atoms with Crippen molar-refractivity contribution in [2.75, 3.05) is 0 Å². The topological polar surface area (TPSA) is 28.7 Å². The molecule has 2 nitrogen and oxygen atoms in total. The Labute approximate surface area is 63.4 Å². The second kappa shape index (κ2) is 2.72. The van der Waals surface area contributed by atoms with Crippen molar-refractivity contribution in [2.24, 2.45) is 0 Å². The second-order valence-electron chi connectivity index (χ2n) is 1.96. The van der Waals surface area contributed by atoms with Gasteiger partial charge in [-0.1, -0.05) is 0 Å². The SMILES string of the molecule is FC(F)c1[nH]cnc1C(F)(F)F. The van der Waals surface area contributed by atoms with Crippen LogP contribution < -0.4 is 0 Å². The first-order valence-corrected chi connectivity index (χ1v) is 2.81. The number of alkyl halides is 5. The predicted octanol–water partition coefficient (Wildman–Crippen LogP) is 2.37. The van der Waals surface area contributed by atoms with Crippen molar-refractivity contribution < 1.29 is 22.0 Å². The molecular weight excluding hydrogens is 183 g/mol. The minimum atomic E-state index is -4.83. The molecule has 0 bridgehead atoms. The number of rotatable bonds is 1. The zero-order valence-corrected chi connectivity index (χ0v) is 5.49. The Kier molecular flexibility index (Phi) is 2.03. The number of aromatic nitrogens is 2. The molecule has 0 amide bonds.